The van der Waals surface area contributed by atoms with E-state index < -0.39 is 18.1 Å². The van der Waals surface area contributed by atoms with Gasteiger partial charge in [-0.2, -0.15) is 0 Å². The van der Waals surface area contributed by atoms with Crippen molar-refractivity contribution in [3.63, 3.8) is 0 Å². The highest BCUT2D eigenvalue weighted by Crippen LogP contribution is 2.44. The molecular formula is C31H29N3O4. The molecule has 0 bridgehead atoms. The molecule has 0 saturated heterocycles. The van der Waals surface area contributed by atoms with Crippen molar-refractivity contribution in [1.82, 2.24) is 10.3 Å². The molecule has 0 fully saturated rings. The summed E-state index contributed by atoms with van der Waals surface area (Å²) in [5.41, 5.74) is 7.21. The molecule has 0 radical (unpaired) electrons. The summed E-state index contributed by atoms with van der Waals surface area (Å²) in [4.78, 5) is 31.0. The molecule has 1 amide bonds. The largest absolute Gasteiger partial charge is 0.480 e. The van der Waals surface area contributed by atoms with Crippen LogP contribution in [0.2, 0.25) is 0 Å². The SMILES string of the molecule is CN(C)c1ncccc1-c1ccc(C[C@H](NC(=O)OCC2c3ccccc3-c3ccccc32)C(=O)O)cc1. The minimum absolute atomic E-state index is 0.0940. The predicted molar refractivity (Wildman–Crippen MR) is 147 cm³/mol. The van der Waals surface area contributed by atoms with E-state index in [2.05, 4.69) is 22.4 Å². The zero-order valence-electron chi connectivity index (χ0n) is 21.3. The molecule has 1 aromatic heterocycles. The Morgan fingerprint density at radius 2 is 1.50 bits per heavy atom. The van der Waals surface area contributed by atoms with E-state index in [1.807, 2.05) is 91.8 Å². The van der Waals surface area contributed by atoms with E-state index >= 15 is 0 Å². The van der Waals surface area contributed by atoms with Crippen molar-refractivity contribution in [2.24, 2.45) is 0 Å². The first-order valence-electron chi connectivity index (χ1n) is 12.5. The van der Waals surface area contributed by atoms with Crippen molar-refractivity contribution in [3.8, 4) is 22.3 Å². The number of nitrogens with zero attached hydrogens (tertiary/aromatic N) is 2. The zero-order chi connectivity index (χ0) is 26.6. The molecule has 0 spiro atoms. The lowest BCUT2D eigenvalue weighted by atomic mass is 9.98. The van der Waals surface area contributed by atoms with Crippen LogP contribution in [0.4, 0.5) is 10.6 Å². The molecule has 1 heterocycles. The molecular weight excluding hydrogens is 478 g/mol. The van der Waals surface area contributed by atoms with Gasteiger partial charge in [-0.15, -0.1) is 0 Å². The lowest BCUT2D eigenvalue weighted by Crippen LogP contribution is -2.42. The Morgan fingerprint density at radius 3 is 2.11 bits per heavy atom. The fourth-order valence-electron chi connectivity index (χ4n) is 5.02. The lowest BCUT2D eigenvalue weighted by Gasteiger charge is -2.18. The number of hydrogen-bond acceptors (Lipinski definition) is 5. The first kappa shape index (κ1) is 25.0. The number of alkyl carbamates (subject to hydrolysis) is 1. The number of ether oxygens (including phenoxy) is 1. The van der Waals surface area contributed by atoms with Crippen LogP contribution in [-0.2, 0) is 16.0 Å². The van der Waals surface area contributed by atoms with Crippen molar-refractivity contribution in [2.45, 2.75) is 18.4 Å². The topological polar surface area (TPSA) is 91.8 Å². The van der Waals surface area contributed by atoms with Gasteiger partial charge in [-0.05, 0) is 45.5 Å². The number of benzene rings is 3. The molecule has 4 aromatic rings. The number of carboxylic acid groups (broad SMARTS) is 1. The van der Waals surface area contributed by atoms with Crippen LogP contribution in [0.15, 0.2) is 91.1 Å². The maximum atomic E-state index is 12.7. The monoisotopic (exact) mass is 507 g/mol. The van der Waals surface area contributed by atoms with Gasteiger partial charge in [0.25, 0.3) is 0 Å². The number of pyridine rings is 1. The number of aliphatic carboxylic acids is 1. The molecule has 2 N–H and O–H groups in total. The molecule has 0 aliphatic heterocycles. The van der Waals surface area contributed by atoms with Gasteiger partial charge in [0.1, 0.15) is 18.5 Å². The summed E-state index contributed by atoms with van der Waals surface area (Å²) in [6.45, 7) is 0.125. The Morgan fingerprint density at radius 1 is 0.895 bits per heavy atom. The Bertz CT molecular complexity index is 1420. The van der Waals surface area contributed by atoms with Crippen molar-refractivity contribution >= 4 is 17.9 Å². The molecule has 1 atom stereocenters. The van der Waals surface area contributed by atoms with E-state index in [-0.39, 0.29) is 18.9 Å². The molecule has 1 aliphatic carbocycles. The summed E-state index contributed by atoms with van der Waals surface area (Å²) >= 11 is 0. The number of amides is 1. The third-order valence-corrected chi connectivity index (χ3v) is 6.85. The molecule has 7 nitrogen and oxygen atoms in total. The molecule has 38 heavy (non-hydrogen) atoms. The van der Waals surface area contributed by atoms with E-state index in [0.717, 1.165) is 44.8 Å². The fraction of sp³-hybridized carbons (Fsp3) is 0.194. The number of nitrogens with one attached hydrogen (secondary N) is 1. The van der Waals surface area contributed by atoms with Crippen LogP contribution < -0.4 is 10.2 Å². The number of carbonyl (C=O) groups excluding carboxylic acids is 1. The van der Waals surface area contributed by atoms with Crippen molar-refractivity contribution in [3.05, 3.63) is 108 Å². The number of rotatable bonds is 8. The van der Waals surface area contributed by atoms with Crippen LogP contribution in [0.3, 0.4) is 0 Å². The number of fused-ring (bicyclic) bond motifs is 3. The summed E-state index contributed by atoms with van der Waals surface area (Å²) in [6, 6.07) is 26.5. The van der Waals surface area contributed by atoms with Gasteiger partial charge < -0.3 is 20.1 Å². The van der Waals surface area contributed by atoms with Gasteiger partial charge in [0, 0.05) is 38.2 Å². The molecule has 192 valence electrons. The summed E-state index contributed by atoms with van der Waals surface area (Å²) in [5.74, 6) is -0.367. The van der Waals surface area contributed by atoms with Crippen molar-refractivity contribution in [1.29, 1.82) is 0 Å². The third kappa shape index (κ3) is 5.09. The Balaban J connectivity index is 1.24. The lowest BCUT2D eigenvalue weighted by molar-refractivity contribution is -0.139. The minimum Gasteiger partial charge on any atom is -0.480 e. The molecule has 5 rings (SSSR count). The average Bonchev–Trinajstić information content (AvgIpc) is 3.25. The van der Waals surface area contributed by atoms with E-state index in [1.54, 1.807) is 6.20 Å². The summed E-state index contributed by atoms with van der Waals surface area (Å²) in [7, 11) is 3.87. The van der Waals surface area contributed by atoms with Gasteiger partial charge in [0.2, 0.25) is 0 Å². The standard InChI is InChI=1S/C31H29N3O4/c1-34(2)29-22(12-7-17-32-29)21-15-13-20(14-16-21)18-28(30(35)36)33-31(37)38-19-27-25-10-5-3-8-23(25)24-9-4-6-11-26(24)27/h3-17,27-28H,18-19H2,1-2H3,(H,33,37)(H,35,36)/t28-/m0/s1. The molecule has 0 saturated carbocycles. The minimum atomic E-state index is -1.12. The van der Waals surface area contributed by atoms with Gasteiger partial charge in [-0.3, -0.25) is 0 Å². The van der Waals surface area contributed by atoms with Gasteiger partial charge >= 0.3 is 12.1 Å². The number of hydrogen-bond donors (Lipinski definition) is 2. The van der Waals surface area contributed by atoms with Gasteiger partial charge in [-0.1, -0.05) is 72.8 Å². The molecule has 3 aromatic carbocycles. The van der Waals surface area contributed by atoms with Crippen LogP contribution in [0.1, 0.15) is 22.6 Å². The maximum absolute atomic E-state index is 12.7. The summed E-state index contributed by atoms with van der Waals surface area (Å²) in [6.07, 6.45) is 1.13. The molecule has 1 aliphatic rings. The highest BCUT2D eigenvalue weighted by Gasteiger charge is 2.29. The van der Waals surface area contributed by atoms with Gasteiger partial charge in [0.15, 0.2) is 0 Å². The van der Waals surface area contributed by atoms with E-state index in [0.29, 0.717) is 0 Å². The van der Waals surface area contributed by atoms with E-state index in [4.69, 9.17) is 4.74 Å². The third-order valence-electron chi connectivity index (χ3n) is 6.85. The van der Waals surface area contributed by atoms with Crippen LogP contribution in [0.5, 0.6) is 0 Å². The summed E-state index contributed by atoms with van der Waals surface area (Å²) < 4.78 is 5.55. The Labute approximate surface area is 221 Å². The van der Waals surface area contributed by atoms with Crippen molar-refractivity contribution in [2.75, 3.05) is 25.6 Å². The predicted octanol–water partition coefficient (Wildman–Crippen LogP) is 5.35. The van der Waals surface area contributed by atoms with Crippen LogP contribution in [0.25, 0.3) is 22.3 Å². The maximum Gasteiger partial charge on any atom is 0.407 e. The number of carbonyl (C=O) groups is 2. The molecule has 7 heteroatoms. The van der Waals surface area contributed by atoms with Crippen LogP contribution >= 0.6 is 0 Å². The highest BCUT2D eigenvalue weighted by atomic mass is 16.5. The Kier molecular flexibility index (Phi) is 7.09. The second kappa shape index (κ2) is 10.8. The van der Waals surface area contributed by atoms with Crippen LogP contribution in [-0.4, -0.2) is 48.9 Å². The first-order chi connectivity index (χ1) is 18.4. The molecule has 0 unspecified atom stereocenters. The van der Waals surface area contributed by atoms with E-state index in [1.165, 1.54) is 0 Å². The smallest absolute Gasteiger partial charge is 0.407 e. The second-order valence-corrected chi connectivity index (χ2v) is 9.53. The Hall–Kier alpha value is -4.65. The number of carboxylic acids is 1. The normalized spacial score (nSPS) is 12.8. The first-order valence-corrected chi connectivity index (χ1v) is 12.5. The highest BCUT2D eigenvalue weighted by molar-refractivity contribution is 5.81. The van der Waals surface area contributed by atoms with Crippen molar-refractivity contribution < 1.29 is 19.4 Å². The number of anilines is 1. The summed E-state index contributed by atoms with van der Waals surface area (Å²) in [5, 5.41) is 12.3. The fourth-order valence-corrected chi connectivity index (χ4v) is 5.02. The van der Waals surface area contributed by atoms with E-state index in [9.17, 15) is 14.7 Å². The quantitative estimate of drug-likeness (QED) is 0.334. The van der Waals surface area contributed by atoms with Gasteiger partial charge in [0.05, 0.1) is 0 Å². The van der Waals surface area contributed by atoms with Gasteiger partial charge in [-0.25, -0.2) is 14.6 Å². The average molecular weight is 508 g/mol. The second-order valence-electron chi connectivity index (χ2n) is 9.53. The number of aromatic nitrogens is 1. The van der Waals surface area contributed by atoms with Crippen LogP contribution in [0, 0.1) is 0 Å². The zero-order valence-corrected chi connectivity index (χ0v) is 21.3.